The van der Waals surface area contributed by atoms with Crippen LogP contribution in [-0.4, -0.2) is 21.6 Å². The Hall–Kier alpha value is -3.58. The zero-order valence-corrected chi connectivity index (χ0v) is 16.6. The van der Waals surface area contributed by atoms with Gasteiger partial charge in [0.25, 0.3) is 5.69 Å². The number of benzene rings is 3. The van der Waals surface area contributed by atoms with Crippen LogP contribution in [0.2, 0.25) is 0 Å². The lowest BCUT2D eigenvalue weighted by Gasteiger charge is -2.25. The van der Waals surface area contributed by atoms with Crippen LogP contribution >= 0.6 is 11.8 Å². The minimum atomic E-state index is -0.415. The van der Waals surface area contributed by atoms with Gasteiger partial charge in [0.2, 0.25) is 5.91 Å². The van der Waals surface area contributed by atoms with Crippen molar-refractivity contribution in [3.8, 4) is 11.3 Å². The lowest BCUT2D eigenvalue weighted by Crippen LogP contribution is -2.28. The Morgan fingerprint density at radius 3 is 2.40 bits per heavy atom. The molecule has 0 aliphatic carbocycles. The maximum atomic E-state index is 13.0. The highest BCUT2D eigenvalue weighted by Gasteiger charge is 2.37. The highest BCUT2D eigenvalue weighted by Crippen LogP contribution is 2.48. The van der Waals surface area contributed by atoms with Crippen LogP contribution in [0.15, 0.2) is 78.9 Å². The number of fused-ring (bicyclic) bond motifs is 1. The van der Waals surface area contributed by atoms with Gasteiger partial charge in [0.15, 0.2) is 0 Å². The molecule has 3 aromatic carbocycles. The van der Waals surface area contributed by atoms with Crippen molar-refractivity contribution in [3.63, 3.8) is 0 Å². The van der Waals surface area contributed by atoms with Gasteiger partial charge in [-0.15, -0.1) is 11.8 Å². The highest BCUT2D eigenvalue weighted by atomic mass is 32.2. The third kappa shape index (κ3) is 3.04. The quantitative estimate of drug-likeness (QED) is 0.351. The van der Waals surface area contributed by atoms with Crippen LogP contribution in [0.1, 0.15) is 10.9 Å². The molecule has 0 bridgehead atoms. The summed E-state index contributed by atoms with van der Waals surface area (Å²) in [6.07, 6.45) is 0. The molecule has 1 aliphatic heterocycles. The fraction of sp³-hybridized carbons (Fsp3) is 0.0870. The average molecular weight is 415 g/mol. The van der Waals surface area contributed by atoms with Gasteiger partial charge in [-0.1, -0.05) is 48.5 Å². The van der Waals surface area contributed by atoms with Crippen LogP contribution in [0.25, 0.3) is 22.2 Å². The molecule has 148 valence electrons. The Kier molecular flexibility index (Phi) is 4.52. The van der Waals surface area contributed by atoms with Crippen LogP contribution in [0, 0.1) is 10.1 Å². The van der Waals surface area contributed by atoms with E-state index >= 15 is 0 Å². The van der Waals surface area contributed by atoms with E-state index in [1.54, 1.807) is 12.1 Å². The number of anilines is 1. The summed E-state index contributed by atoms with van der Waals surface area (Å²) in [5.74, 6) is 0.375. The van der Waals surface area contributed by atoms with Crippen molar-refractivity contribution in [1.82, 2.24) is 4.98 Å². The third-order valence-electron chi connectivity index (χ3n) is 5.24. The Bertz CT molecular complexity index is 1250. The second kappa shape index (κ2) is 7.35. The van der Waals surface area contributed by atoms with Crippen LogP contribution < -0.4 is 4.90 Å². The number of carbonyl (C=O) groups excluding carboxylic acids is 1. The first-order chi connectivity index (χ1) is 14.6. The van der Waals surface area contributed by atoms with Gasteiger partial charge >= 0.3 is 0 Å². The summed E-state index contributed by atoms with van der Waals surface area (Å²) in [5, 5.41) is 11.7. The molecule has 1 atom stereocenters. The first-order valence-electron chi connectivity index (χ1n) is 9.47. The number of nitrogens with zero attached hydrogens (tertiary/aromatic N) is 2. The second-order valence-corrected chi connectivity index (χ2v) is 8.10. The Labute approximate surface area is 176 Å². The summed E-state index contributed by atoms with van der Waals surface area (Å²) < 4.78 is 0. The maximum absolute atomic E-state index is 13.0. The van der Waals surface area contributed by atoms with E-state index in [1.165, 1.54) is 23.9 Å². The van der Waals surface area contributed by atoms with Crippen LogP contribution in [-0.2, 0) is 4.79 Å². The van der Waals surface area contributed by atoms with Crippen molar-refractivity contribution >= 4 is 39.9 Å². The van der Waals surface area contributed by atoms with Gasteiger partial charge in [-0.05, 0) is 23.8 Å². The molecule has 2 heterocycles. The zero-order valence-electron chi connectivity index (χ0n) is 15.8. The number of aromatic nitrogens is 1. The summed E-state index contributed by atoms with van der Waals surface area (Å²) in [4.78, 5) is 29.0. The SMILES string of the molecule is O=C1CSC(c2ccc([N+](=O)[O-])cc2)N1c1c(-c2ccccc2)[nH]c2ccccc12. The molecule has 1 aliphatic rings. The van der Waals surface area contributed by atoms with E-state index in [1.807, 2.05) is 59.5 Å². The molecule has 0 spiro atoms. The number of para-hydroxylation sites is 1. The number of H-pyrrole nitrogens is 1. The molecule has 1 aromatic heterocycles. The van der Waals surface area contributed by atoms with Crippen LogP contribution in [0.3, 0.4) is 0 Å². The lowest BCUT2D eigenvalue weighted by molar-refractivity contribution is -0.384. The number of hydrogen-bond acceptors (Lipinski definition) is 4. The van der Waals surface area contributed by atoms with E-state index in [2.05, 4.69) is 4.98 Å². The van der Waals surface area contributed by atoms with Crippen LogP contribution in [0.5, 0.6) is 0 Å². The summed E-state index contributed by atoms with van der Waals surface area (Å²) >= 11 is 1.53. The van der Waals surface area contributed by atoms with E-state index in [0.717, 1.165) is 33.4 Å². The number of amides is 1. The Morgan fingerprint density at radius 1 is 0.967 bits per heavy atom. The largest absolute Gasteiger partial charge is 0.353 e. The number of hydrogen-bond donors (Lipinski definition) is 1. The molecule has 4 aromatic rings. The minimum Gasteiger partial charge on any atom is -0.353 e. The maximum Gasteiger partial charge on any atom is 0.269 e. The molecule has 1 unspecified atom stereocenters. The Balaban J connectivity index is 1.67. The predicted octanol–water partition coefficient (Wildman–Crippen LogP) is 5.52. The van der Waals surface area contributed by atoms with Crippen molar-refractivity contribution < 1.29 is 9.72 Å². The molecule has 1 saturated heterocycles. The number of nitro groups is 1. The topological polar surface area (TPSA) is 79.2 Å². The fourth-order valence-corrected chi connectivity index (χ4v) is 5.03. The number of carbonyl (C=O) groups is 1. The molecule has 6 nitrogen and oxygen atoms in total. The van der Waals surface area contributed by atoms with Gasteiger partial charge in [0.1, 0.15) is 5.37 Å². The van der Waals surface area contributed by atoms with Crippen molar-refractivity contribution in [2.75, 3.05) is 10.7 Å². The molecule has 0 saturated carbocycles. The van der Waals surface area contributed by atoms with Crippen molar-refractivity contribution in [1.29, 1.82) is 0 Å². The predicted molar refractivity (Wildman–Crippen MR) is 120 cm³/mol. The van der Waals surface area contributed by atoms with E-state index in [0.29, 0.717) is 5.75 Å². The van der Waals surface area contributed by atoms with Crippen molar-refractivity contribution in [3.05, 3.63) is 94.5 Å². The lowest BCUT2D eigenvalue weighted by atomic mass is 10.1. The highest BCUT2D eigenvalue weighted by molar-refractivity contribution is 8.00. The van der Waals surface area contributed by atoms with Gasteiger partial charge in [-0.2, -0.15) is 0 Å². The number of nitro benzene ring substituents is 1. The van der Waals surface area contributed by atoms with Gasteiger partial charge in [-0.3, -0.25) is 19.8 Å². The molecule has 1 fully saturated rings. The molecule has 1 N–H and O–H groups in total. The monoisotopic (exact) mass is 415 g/mol. The standard InChI is InChI=1S/C23H17N3O3S/c27-20-14-30-23(16-10-12-17(13-11-16)26(28)29)25(20)22-18-8-4-5-9-19(18)24-21(22)15-6-2-1-3-7-15/h1-13,23-24H,14H2. The van der Waals surface area contributed by atoms with E-state index < -0.39 is 4.92 Å². The van der Waals surface area contributed by atoms with Gasteiger partial charge in [-0.25, -0.2) is 0 Å². The zero-order chi connectivity index (χ0) is 20.7. The van der Waals surface area contributed by atoms with Gasteiger partial charge < -0.3 is 4.98 Å². The smallest absolute Gasteiger partial charge is 0.269 e. The first-order valence-corrected chi connectivity index (χ1v) is 10.5. The van der Waals surface area contributed by atoms with E-state index in [9.17, 15) is 14.9 Å². The van der Waals surface area contributed by atoms with Crippen molar-refractivity contribution in [2.24, 2.45) is 0 Å². The van der Waals surface area contributed by atoms with E-state index in [4.69, 9.17) is 0 Å². The van der Waals surface area contributed by atoms with Gasteiger partial charge in [0, 0.05) is 28.6 Å². The number of aromatic amines is 1. The summed E-state index contributed by atoms with van der Waals surface area (Å²) in [6.45, 7) is 0. The molecule has 0 radical (unpaired) electrons. The summed E-state index contributed by atoms with van der Waals surface area (Å²) in [5.41, 5.74) is 4.58. The number of thioether (sulfide) groups is 1. The van der Waals surface area contributed by atoms with Crippen molar-refractivity contribution in [2.45, 2.75) is 5.37 Å². The molecule has 7 heteroatoms. The molecule has 5 rings (SSSR count). The van der Waals surface area contributed by atoms with Gasteiger partial charge in [0.05, 0.1) is 22.1 Å². The molecular formula is C23H17N3O3S. The Morgan fingerprint density at radius 2 is 1.67 bits per heavy atom. The fourth-order valence-electron chi connectivity index (χ4n) is 3.86. The average Bonchev–Trinajstić information content (AvgIpc) is 3.34. The van der Waals surface area contributed by atoms with E-state index in [-0.39, 0.29) is 17.0 Å². The third-order valence-corrected chi connectivity index (χ3v) is 6.45. The number of rotatable bonds is 4. The van der Waals surface area contributed by atoms with Crippen LogP contribution in [0.4, 0.5) is 11.4 Å². The second-order valence-electron chi connectivity index (χ2n) is 7.04. The molecule has 30 heavy (non-hydrogen) atoms. The summed E-state index contributed by atoms with van der Waals surface area (Å²) in [6, 6.07) is 24.3. The normalized spacial score (nSPS) is 16.3. The first kappa shape index (κ1) is 18.4. The molecule has 1 amide bonds. The number of non-ortho nitro benzene ring substituents is 1. The molecular weight excluding hydrogens is 398 g/mol. The summed E-state index contributed by atoms with van der Waals surface area (Å²) in [7, 11) is 0. The minimum absolute atomic E-state index is 0.0188. The number of nitrogens with one attached hydrogen (secondary N) is 1.